The molecule has 0 bridgehead atoms. The molecular formula is C18H17Br2NO5. The number of ether oxygens (including phenoxy) is 2. The van der Waals surface area contributed by atoms with Crippen molar-refractivity contribution in [3.8, 4) is 11.8 Å². The highest BCUT2D eigenvalue weighted by Crippen LogP contribution is 2.60. The summed E-state index contributed by atoms with van der Waals surface area (Å²) in [4.78, 5) is 23.1. The van der Waals surface area contributed by atoms with Crippen LogP contribution < -0.4 is 4.74 Å². The van der Waals surface area contributed by atoms with E-state index >= 15 is 0 Å². The number of benzene rings is 1. The van der Waals surface area contributed by atoms with E-state index in [9.17, 15) is 14.9 Å². The molecule has 0 saturated heterocycles. The second-order valence-corrected chi connectivity index (χ2v) is 9.25. The Bertz CT molecular complexity index is 780. The Hall–Kier alpha value is -1.85. The average molecular weight is 487 g/mol. The normalized spacial score (nSPS) is 21.0. The number of halogens is 2. The van der Waals surface area contributed by atoms with Gasteiger partial charge in [0.05, 0.1) is 9.31 Å². The van der Waals surface area contributed by atoms with Crippen molar-refractivity contribution < 1.29 is 24.2 Å². The van der Waals surface area contributed by atoms with Crippen LogP contribution in [0.5, 0.6) is 5.75 Å². The van der Waals surface area contributed by atoms with Crippen LogP contribution in [-0.4, -0.2) is 23.7 Å². The third kappa shape index (κ3) is 4.86. The summed E-state index contributed by atoms with van der Waals surface area (Å²) in [5, 5.41) is 18.1. The first-order valence-corrected chi connectivity index (χ1v) is 9.33. The molecular weight excluding hydrogens is 470 g/mol. The van der Waals surface area contributed by atoms with Gasteiger partial charge in [-0.3, -0.25) is 4.79 Å². The Balaban J connectivity index is 2.09. The van der Waals surface area contributed by atoms with Crippen molar-refractivity contribution in [1.82, 2.24) is 0 Å². The van der Waals surface area contributed by atoms with E-state index in [0.29, 0.717) is 5.56 Å². The van der Waals surface area contributed by atoms with E-state index in [4.69, 9.17) is 14.6 Å². The third-order valence-corrected chi connectivity index (χ3v) is 4.87. The molecule has 1 aliphatic carbocycles. The molecule has 26 heavy (non-hydrogen) atoms. The topological polar surface area (TPSA) is 96.6 Å². The lowest BCUT2D eigenvalue weighted by molar-refractivity contribution is -0.149. The van der Waals surface area contributed by atoms with Gasteiger partial charge in [-0.1, -0.05) is 32.1 Å². The number of carboxylic acid groups (broad SMARTS) is 1. The first-order valence-electron chi connectivity index (χ1n) is 7.74. The summed E-state index contributed by atoms with van der Waals surface area (Å²) in [5.41, 5.74) is 0.173. The van der Waals surface area contributed by atoms with Crippen molar-refractivity contribution in [2.24, 2.45) is 17.3 Å². The molecule has 1 unspecified atom stereocenters. The van der Waals surface area contributed by atoms with E-state index in [2.05, 4.69) is 31.9 Å². The minimum atomic E-state index is -1.10. The van der Waals surface area contributed by atoms with Crippen molar-refractivity contribution in [2.75, 3.05) is 6.61 Å². The van der Waals surface area contributed by atoms with Crippen LogP contribution in [0.1, 0.15) is 25.5 Å². The molecule has 0 amide bonds. The van der Waals surface area contributed by atoms with Gasteiger partial charge >= 0.3 is 11.9 Å². The van der Waals surface area contributed by atoms with E-state index in [1.807, 2.05) is 26.0 Å². The standard InChI is InChI=1S/C18H17Br2NO5/c1-18(2)12(7-14(19)20)16(18)17(24)26-13(8-21)10-4-3-5-11(6-10)25-9-15(22)23/h3-7,12-13,16H,9H2,1-2H3,(H,22,23)/t12-,13?,16-/m0/s1. The molecule has 0 aliphatic heterocycles. The largest absolute Gasteiger partial charge is 0.482 e. The van der Waals surface area contributed by atoms with Crippen LogP contribution >= 0.6 is 31.9 Å². The maximum absolute atomic E-state index is 12.5. The molecule has 1 aromatic carbocycles. The molecule has 8 heteroatoms. The second kappa shape index (κ2) is 8.23. The zero-order chi connectivity index (χ0) is 19.5. The van der Waals surface area contributed by atoms with Crippen LogP contribution in [0.3, 0.4) is 0 Å². The van der Waals surface area contributed by atoms with Crippen LogP contribution in [0.25, 0.3) is 0 Å². The molecule has 1 saturated carbocycles. The maximum Gasteiger partial charge on any atom is 0.341 e. The molecule has 0 spiro atoms. The number of nitrogens with zero attached hydrogens (tertiary/aromatic N) is 1. The van der Waals surface area contributed by atoms with Gasteiger partial charge in [0.25, 0.3) is 0 Å². The average Bonchev–Trinajstić information content (AvgIpc) is 3.10. The van der Waals surface area contributed by atoms with Gasteiger partial charge in [0.1, 0.15) is 11.8 Å². The van der Waals surface area contributed by atoms with Crippen molar-refractivity contribution in [1.29, 1.82) is 5.26 Å². The summed E-state index contributed by atoms with van der Waals surface area (Å²) >= 11 is 6.59. The fraction of sp³-hybridized carbons (Fsp3) is 0.389. The first-order chi connectivity index (χ1) is 12.2. The smallest absolute Gasteiger partial charge is 0.341 e. The molecule has 0 radical (unpaired) electrons. The van der Waals surface area contributed by atoms with Gasteiger partial charge in [0.2, 0.25) is 6.10 Å². The monoisotopic (exact) mass is 485 g/mol. The van der Waals surface area contributed by atoms with Gasteiger partial charge in [0.15, 0.2) is 6.61 Å². The number of allylic oxidation sites excluding steroid dienone is 1. The van der Waals surface area contributed by atoms with Crippen LogP contribution in [0.2, 0.25) is 0 Å². The molecule has 1 aliphatic rings. The van der Waals surface area contributed by atoms with E-state index in [1.165, 1.54) is 6.07 Å². The van der Waals surface area contributed by atoms with Gasteiger partial charge in [-0.05, 0) is 55.3 Å². The fourth-order valence-corrected chi connectivity index (χ4v) is 3.42. The van der Waals surface area contributed by atoms with Gasteiger partial charge < -0.3 is 14.6 Å². The Morgan fingerprint density at radius 1 is 1.42 bits per heavy atom. The first kappa shape index (κ1) is 20.5. The predicted octanol–water partition coefficient (Wildman–Crippen LogP) is 4.16. The summed E-state index contributed by atoms with van der Waals surface area (Å²) in [6.07, 6.45) is 0.803. The van der Waals surface area contributed by atoms with Crippen molar-refractivity contribution in [3.63, 3.8) is 0 Å². The predicted molar refractivity (Wildman–Crippen MR) is 101 cm³/mol. The lowest BCUT2D eigenvalue weighted by Gasteiger charge is -2.13. The van der Waals surface area contributed by atoms with Crippen molar-refractivity contribution >= 4 is 43.8 Å². The molecule has 6 nitrogen and oxygen atoms in total. The summed E-state index contributed by atoms with van der Waals surface area (Å²) in [5.74, 6) is -1.59. The number of hydrogen-bond acceptors (Lipinski definition) is 5. The van der Waals surface area contributed by atoms with Gasteiger partial charge in [-0.2, -0.15) is 5.26 Å². The summed E-state index contributed by atoms with van der Waals surface area (Å²) in [6.45, 7) is 3.43. The number of carboxylic acids is 1. The molecule has 1 aromatic rings. The summed E-state index contributed by atoms with van der Waals surface area (Å²) in [6, 6.07) is 8.26. The van der Waals surface area contributed by atoms with E-state index in [1.54, 1.807) is 18.2 Å². The number of aliphatic carboxylic acids is 1. The number of carbonyl (C=O) groups excluding carboxylic acids is 1. The number of hydrogen-bond donors (Lipinski definition) is 1. The molecule has 138 valence electrons. The Labute approximate surface area is 168 Å². The third-order valence-electron chi connectivity index (χ3n) is 4.34. The maximum atomic E-state index is 12.5. The molecule has 1 N–H and O–H groups in total. The lowest BCUT2D eigenvalue weighted by Crippen LogP contribution is -2.15. The van der Waals surface area contributed by atoms with Crippen LogP contribution in [0, 0.1) is 28.6 Å². The number of esters is 1. The van der Waals surface area contributed by atoms with Crippen LogP contribution in [0.15, 0.2) is 33.7 Å². The highest BCUT2D eigenvalue weighted by molar-refractivity contribution is 9.28. The number of carbonyl (C=O) groups is 2. The minimum absolute atomic E-state index is 0.00771. The molecule has 2 rings (SSSR count). The number of nitriles is 1. The summed E-state index contributed by atoms with van der Waals surface area (Å²) in [7, 11) is 0. The molecule has 3 atom stereocenters. The Morgan fingerprint density at radius 2 is 2.12 bits per heavy atom. The highest BCUT2D eigenvalue weighted by Gasteiger charge is 2.61. The number of rotatable bonds is 7. The van der Waals surface area contributed by atoms with E-state index in [-0.39, 0.29) is 23.0 Å². The van der Waals surface area contributed by atoms with E-state index < -0.39 is 24.6 Å². The quantitative estimate of drug-likeness (QED) is 0.581. The van der Waals surface area contributed by atoms with Crippen LogP contribution in [0.4, 0.5) is 0 Å². The van der Waals surface area contributed by atoms with Gasteiger partial charge in [0, 0.05) is 5.56 Å². The van der Waals surface area contributed by atoms with Gasteiger partial charge in [-0.25, -0.2) is 4.79 Å². The molecule has 0 aromatic heterocycles. The highest BCUT2D eigenvalue weighted by atomic mass is 79.9. The second-order valence-electron chi connectivity index (χ2n) is 6.48. The van der Waals surface area contributed by atoms with Crippen molar-refractivity contribution in [3.05, 3.63) is 39.3 Å². The van der Waals surface area contributed by atoms with Crippen LogP contribution in [-0.2, 0) is 14.3 Å². The zero-order valence-corrected chi connectivity index (χ0v) is 17.3. The Morgan fingerprint density at radius 3 is 2.69 bits per heavy atom. The lowest BCUT2D eigenvalue weighted by atomic mass is 10.1. The molecule has 0 heterocycles. The Kier molecular flexibility index (Phi) is 6.48. The SMILES string of the molecule is CC1(C)[C@H](C(=O)OC(C#N)c2cccc(OCC(=O)O)c2)[C@@H]1C=C(Br)Br. The van der Waals surface area contributed by atoms with Gasteiger partial charge in [-0.15, -0.1) is 0 Å². The fourth-order valence-electron chi connectivity index (χ4n) is 2.85. The molecule has 1 fully saturated rings. The van der Waals surface area contributed by atoms with E-state index in [0.717, 1.165) is 3.39 Å². The zero-order valence-electron chi connectivity index (χ0n) is 14.1. The summed E-state index contributed by atoms with van der Waals surface area (Å²) < 4.78 is 11.3. The minimum Gasteiger partial charge on any atom is -0.482 e. The van der Waals surface area contributed by atoms with Crippen molar-refractivity contribution in [2.45, 2.75) is 20.0 Å².